The zero-order valence-electron chi connectivity index (χ0n) is 46.2. The van der Waals surface area contributed by atoms with Crippen LogP contribution in [0.4, 0.5) is 0 Å². The fourth-order valence-electron chi connectivity index (χ4n) is 11.6. The molecule has 1 saturated carbocycles. The average molecular weight is 1060 g/mol. The summed E-state index contributed by atoms with van der Waals surface area (Å²) < 4.78 is 4.02. The lowest BCUT2D eigenvalue weighted by Gasteiger charge is -2.33. The lowest BCUT2D eigenvalue weighted by atomic mass is 9.89. The van der Waals surface area contributed by atoms with Crippen LogP contribution in [0.15, 0.2) is 97.8 Å². The molecule has 78 heavy (non-hydrogen) atoms. The van der Waals surface area contributed by atoms with E-state index in [9.17, 15) is 28.8 Å². The van der Waals surface area contributed by atoms with Crippen molar-refractivity contribution in [2.24, 2.45) is 11.8 Å². The van der Waals surface area contributed by atoms with E-state index in [1.165, 1.54) is 0 Å². The Kier molecular flexibility index (Phi) is 17.1. The van der Waals surface area contributed by atoms with Crippen molar-refractivity contribution in [1.82, 2.24) is 60.8 Å². The van der Waals surface area contributed by atoms with Crippen molar-refractivity contribution in [3.05, 3.63) is 120 Å². The Morgan fingerprint density at radius 2 is 0.936 bits per heavy atom. The molecule has 1 aliphatic carbocycles. The van der Waals surface area contributed by atoms with E-state index in [0.29, 0.717) is 37.1 Å². The first-order valence-corrected chi connectivity index (χ1v) is 27.9. The quantitative estimate of drug-likeness (QED) is 0.0538. The molecular weight excluding hydrogens is 985 g/mol. The Hall–Kier alpha value is -7.44. The molecule has 2 aliphatic heterocycles. The molecule has 18 heteroatoms. The second-order valence-corrected chi connectivity index (χ2v) is 22.1. The van der Waals surface area contributed by atoms with Crippen molar-refractivity contribution < 1.29 is 28.8 Å². The highest BCUT2D eigenvalue weighted by Crippen LogP contribution is 2.36. The number of pyridine rings is 2. The first-order valence-electron chi connectivity index (χ1n) is 27.9. The van der Waals surface area contributed by atoms with Gasteiger partial charge in [0.25, 0.3) is 11.8 Å². The highest BCUT2D eigenvalue weighted by molar-refractivity contribution is 6.08. The summed E-state index contributed by atoms with van der Waals surface area (Å²) in [6, 6.07) is 16.1. The van der Waals surface area contributed by atoms with Crippen LogP contribution in [0.2, 0.25) is 0 Å². The van der Waals surface area contributed by atoms with Gasteiger partial charge in [0.05, 0.1) is 59.0 Å². The molecule has 9 rings (SSSR count). The zero-order valence-corrected chi connectivity index (χ0v) is 46.2. The molecule has 2 saturated heterocycles. The molecule has 3 fully saturated rings. The summed E-state index contributed by atoms with van der Waals surface area (Å²) in [5.41, 5.74) is 6.08. The second kappa shape index (κ2) is 24.1. The van der Waals surface area contributed by atoms with Crippen molar-refractivity contribution in [2.45, 2.75) is 141 Å². The van der Waals surface area contributed by atoms with Crippen LogP contribution in [0.1, 0.15) is 137 Å². The number of benzene rings is 2. The number of nitrogens with one attached hydrogen (secondary N) is 6. The number of fused-ring (bicyclic) bond motifs is 2. The number of carbonyl (C=O) groups is 6. The number of likely N-dealkylation sites (N-methyl/N-ethyl adjacent to an activating group) is 2. The van der Waals surface area contributed by atoms with Gasteiger partial charge in [-0.25, -0.2) is 0 Å². The van der Waals surface area contributed by atoms with Gasteiger partial charge in [0.1, 0.15) is 12.1 Å². The lowest BCUT2D eigenvalue weighted by Crippen LogP contribution is -2.54. The Morgan fingerprint density at radius 1 is 0.526 bits per heavy atom. The van der Waals surface area contributed by atoms with Crippen LogP contribution in [-0.2, 0) is 19.2 Å². The highest BCUT2D eigenvalue weighted by Gasteiger charge is 2.39. The van der Waals surface area contributed by atoms with Crippen LogP contribution in [-0.4, -0.2) is 128 Å². The normalized spacial score (nSPS) is 20.2. The Balaban J connectivity index is 0.883. The number of likely N-dealkylation sites (tertiary alicyclic amines) is 2. The fourth-order valence-corrected chi connectivity index (χ4v) is 11.6. The van der Waals surface area contributed by atoms with Crippen molar-refractivity contribution in [1.29, 1.82) is 0 Å². The van der Waals surface area contributed by atoms with Gasteiger partial charge in [0.2, 0.25) is 23.6 Å². The molecule has 0 radical (unpaired) electrons. The van der Waals surface area contributed by atoms with Crippen LogP contribution >= 0.6 is 0 Å². The molecule has 6 heterocycles. The number of hydrogen-bond donors (Lipinski definition) is 6. The topological polar surface area (TPSA) is 217 Å². The molecule has 412 valence electrons. The third-order valence-electron chi connectivity index (χ3n) is 16.4. The zero-order chi connectivity index (χ0) is 55.4. The summed E-state index contributed by atoms with van der Waals surface area (Å²) in [4.78, 5) is 95.7. The van der Waals surface area contributed by atoms with Gasteiger partial charge in [0, 0.05) is 71.9 Å². The van der Waals surface area contributed by atoms with Crippen molar-refractivity contribution in [2.75, 3.05) is 27.2 Å². The third-order valence-corrected chi connectivity index (χ3v) is 16.4. The molecule has 0 bridgehead atoms. The molecule has 4 aromatic heterocycles. The van der Waals surface area contributed by atoms with Gasteiger partial charge < -0.3 is 50.8 Å². The van der Waals surface area contributed by atoms with Crippen molar-refractivity contribution in [3.8, 4) is 11.4 Å². The molecule has 0 spiro atoms. The largest absolute Gasteiger partial charge is 0.347 e. The van der Waals surface area contributed by atoms with Gasteiger partial charge in [-0.2, -0.15) is 0 Å². The molecule has 18 nitrogen and oxygen atoms in total. The summed E-state index contributed by atoms with van der Waals surface area (Å²) in [6.45, 7) is 12.5. The summed E-state index contributed by atoms with van der Waals surface area (Å²) in [7, 11) is 3.43. The second-order valence-electron chi connectivity index (χ2n) is 22.1. The van der Waals surface area contributed by atoms with E-state index in [4.69, 9.17) is 0 Å². The Labute approximate surface area is 456 Å². The molecule has 6 aromatic rings. The maximum atomic E-state index is 14.4. The van der Waals surface area contributed by atoms with Gasteiger partial charge in [0.15, 0.2) is 0 Å². The predicted octanol–water partition coefficient (Wildman–Crippen LogP) is 6.66. The number of hydrogen-bond acceptors (Lipinski definition) is 10. The number of rotatable bonds is 18. The number of amides is 6. The number of nitrogens with zero attached hydrogens (tertiary/aromatic N) is 6. The number of aromatic nitrogens is 4. The third kappa shape index (κ3) is 11.4. The standard InChI is InChI=1S/C60H76N12O6/c1-35(2)53(67-55(73)37(5)61-7)59(77)71-25-13-21-49(71)39-29-41(33-63-31-39)69-27-23-43-45(15-11-19-51(43)69)57(75)65-47-17-9-10-18-48(47)66-58(76)46-16-12-20-52-44(46)24-28-70(52)42-30-40(32-64-34-42)50-22-14-26-72(50)60(78)54(36(3)4)68-56(74)38(6)62-8/h11-12,15-16,19-20,23-24,27-38,47-50,53-54,61-62H,9-10,13-14,17-18,21-22,25-26H2,1-8H3,(H,65,75)(H,66,76)(H,67,73)(H,68,74)/t37-,38-,47-,48-,49-,50-,53-,54-/m0/s1. The molecule has 8 atom stereocenters. The molecule has 2 aromatic carbocycles. The minimum atomic E-state index is -0.664. The lowest BCUT2D eigenvalue weighted by molar-refractivity contribution is -0.139. The molecule has 3 aliphatic rings. The SMILES string of the molecule is CN[C@@H](C)C(=O)N[C@H](C(=O)N1CCC[C@H]1c1cncc(-n2ccc3c(C(=O)N[C@H]4CCCC[C@@H]4NC(=O)c4cccc5c4ccn5-c4cncc([C@@H]5CCCN5C(=O)[C@@H](NC(=O)[C@H](C)NC)C(C)C)c4)cccc32)c1)C(C)C. The maximum absolute atomic E-state index is 14.4. The summed E-state index contributed by atoms with van der Waals surface area (Å²) in [5, 5.41) is 20.0. The van der Waals surface area contributed by atoms with Gasteiger partial charge >= 0.3 is 0 Å². The summed E-state index contributed by atoms with van der Waals surface area (Å²) in [5.74, 6) is -1.31. The van der Waals surface area contributed by atoms with Gasteiger partial charge in [-0.15, -0.1) is 0 Å². The summed E-state index contributed by atoms with van der Waals surface area (Å²) in [6.07, 6.45) is 17.5. The van der Waals surface area contributed by atoms with Crippen molar-refractivity contribution in [3.63, 3.8) is 0 Å². The highest BCUT2D eigenvalue weighted by atomic mass is 16.2. The first-order chi connectivity index (χ1) is 37.6. The van der Waals surface area contributed by atoms with Gasteiger partial charge in [-0.1, -0.05) is 52.7 Å². The molecule has 0 unspecified atom stereocenters. The van der Waals surface area contributed by atoms with Crippen LogP contribution in [0.3, 0.4) is 0 Å². The molecular formula is C60H76N12O6. The van der Waals surface area contributed by atoms with Crippen LogP contribution in [0, 0.1) is 11.8 Å². The average Bonchev–Trinajstić information content (AvgIpc) is 4.49. The van der Waals surface area contributed by atoms with E-state index >= 15 is 0 Å². The van der Waals surface area contributed by atoms with Crippen LogP contribution in [0.5, 0.6) is 0 Å². The maximum Gasteiger partial charge on any atom is 0.252 e. The van der Waals surface area contributed by atoms with Crippen LogP contribution < -0.4 is 31.9 Å². The van der Waals surface area contributed by atoms with E-state index in [1.807, 2.05) is 120 Å². The van der Waals surface area contributed by atoms with E-state index in [-0.39, 0.29) is 71.4 Å². The molecule has 6 amide bonds. The van der Waals surface area contributed by atoms with E-state index in [0.717, 1.165) is 82.8 Å². The van der Waals surface area contributed by atoms with Crippen LogP contribution in [0.25, 0.3) is 33.2 Å². The minimum Gasteiger partial charge on any atom is -0.347 e. The van der Waals surface area contributed by atoms with E-state index in [1.54, 1.807) is 40.3 Å². The number of carbonyl (C=O) groups excluding carboxylic acids is 6. The van der Waals surface area contributed by atoms with Gasteiger partial charge in [-0.05, 0) is 138 Å². The Bertz CT molecular complexity index is 2970. The fraction of sp³-hybridized carbons (Fsp3) is 0.467. The van der Waals surface area contributed by atoms with E-state index < -0.39 is 24.2 Å². The minimum absolute atomic E-state index is 0.106. The van der Waals surface area contributed by atoms with Crippen molar-refractivity contribution >= 4 is 57.2 Å². The van der Waals surface area contributed by atoms with Gasteiger partial charge in [-0.3, -0.25) is 38.7 Å². The first kappa shape index (κ1) is 55.3. The monoisotopic (exact) mass is 1060 g/mol. The summed E-state index contributed by atoms with van der Waals surface area (Å²) >= 11 is 0. The smallest absolute Gasteiger partial charge is 0.252 e. The Morgan fingerprint density at radius 3 is 1.32 bits per heavy atom. The molecule has 6 N–H and O–H groups in total. The van der Waals surface area contributed by atoms with E-state index in [2.05, 4.69) is 54.0 Å². The predicted molar refractivity (Wildman–Crippen MR) is 301 cm³/mol.